The lowest BCUT2D eigenvalue weighted by atomic mass is 9.78. The first-order valence-electron chi connectivity index (χ1n) is 14.7. The summed E-state index contributed by atoms with van der Waals surface area (Å²) in [6.07, 6.45) is 0. The second-order valence-corrected chi connectivity index (χ2v) is 11.6. The molecule has 2 N–H and O–H groups in total. The molecule has 0 bridgehead atoms. The van der Waals surface area contributed by atoms with E-state index in [4.69, 9.17) is 43.0 Å². The Labute approximate surface area is 251 Å². The number of rotatable bonds is 24. The van der Waals surface area contributed by atoms with E-state index >= 15 is 0 Å². The Morgan fingerprint density at radius 1 is 0.548 bits per heavy atom. The number of benzene rings is 1. The van der Waals surface area contributed by atoms with Crippen LogP contribution in [0.15, 0.2) is 12.1 Å². The van der Waals surface area contributed by atoms with Gasteiger partial charge in [0.05, 0.1) is 105 Å². The first-order chi connectivity index (χ1) is 20.0. The summed E-state index contributed by atoms with van der Waals surface area (Å²) in [5.41, 5.74) is 1.20. The third-order valence-electron chi connectivity index (χ3n) is 5.89. The number of hydrogen-bond acceptors (Lipinski definition) is 11. The fourth-order valence-corrected chi connectivity index (χ4v) is 3.66. The summed E-state index contributed by atoms with van der Waals surface area (Å²) < 4.78 is 43.1. The molecule has 0 saturated carbocycles. The van der Waals surface area contributed by atoms with E-state index in [1.54, 1.807) is 12.1 Å². The Bertz CT molecular complexity index is 811. The number of esters is 1. The van der Waals surface area contributed by atoms with Crippen LogP contribution in [0.5, 0.6) is 5.75 Å². The SMILES string of the molecule is CC(C)(C)c1cc(C(=O)OCCOCCOCCOCCOCCOCCOCCOCCO)cc(C(C)(C)C)c1O. The van der Waals surface area contributed by atoms with Crippen molar-refractivity contribution in [2.45, 2.75) is 52.4 Å². The zero-order chi connectivity index (χ0) is 31.3. The van der Waals surface area contributed by atoms with Gasteiger partial charge in [0.2, 0.25) is 0 Å². The predicted molar refractivity (Wildman–Crippen MR) is 159 cm³/mol. The standard InChI is InChI=1S/C31H54O11/c1-30(2,3)26-23-25(24-27(28(26)33)31(4,5)6)29(34)42-22-21-41-20-19-40-18-17-39-16-15-38-14-13-37-12-11-36-10-9-35-8-7-32/h23-24,32-33H,7-22H2,1-6H3. The molecule has 0 aliphatic rings. The molecule has 0 aromatic heterocycles. The highest BCUT2D eigenvalue weighted by molar-refractivity contribution is 5.90. The number of aromatic hydroxyl groups is 1. The summed E-state index contributed by atoms with van der Waals surface area (Å²) in [5, 5.41) is 19.4. The number of aliphatic hydroxyl groups excluding tert-OH is 1. The van der Waals surface area contributed by atoms with Crippen LogP contribution in [0.25, 0.3) is 0 Å². The molecule has 1 rings (SSSR count). The molecule has 1 aromatic rings. The molecule has 42 heavy (non-hydrogen) atoms. The second kappa shape index (κ2) is 21.8. The maximum absolute atomic E-state index is 12.7. The first kappa shape index (κ1) is 38.2. The summed E-state index contributed by atoms with van der Waals surface area (Å²) >= 11 is 0. The van der Waals surface area contributed by atoms with Gasteiger partial charge in [0.25, 0.3) is 0 Å². The average Bonchev–Trinajstić information content (AvgIpc) is 2.92. The topological polar surface area (TPSA) is 131 Å². The molecule has 0 heterocycles. The number of aliphatic hydroxyl groups is 1. The van der Waals surface area contributed by atoms with Crippen LogP contribution in [0.4, 0.5) is 0 Å². The normalized spacial score (nSPS) is 12.2. The summed E-state index contributed by atoms with van der Waals surface area (Å²) in [7, 11) is 0. The van der Waals surface area contributed by atoms with Crippen LogP contribution >= 0.6 is 0 Å². The van der Waals surface area contributed by atoms with Gasteiger partial charge in [-0.1, -0.05) is 41.5 Å². The van der Waals surface area contributed by atoms with Crippen molar-refractivity contribution in [1.82, 2.24) is 0 Å². The van der Waals surface area contributed by atoms with Gasteiger partial charge in [-0.05, 0) is 23.0 Å². The maximum atomic E-state index is 12.7. The van der Waals surface area contributed by atoms with Gasteiger partial charge >= 0.3 is 5.97 Å². The molecule has 1 aromatic carbocycles. The largest absolute Gasteiger partial charge is 0.507 e. The van der Waals surface area contributed by atoms with Gasteiger partial charge < -0.3 is 48.1 Å². The molecule has 0 aliphatic carbocycles. The van der Waals surface area contributed by atoms with E-state index < -0.39 is 5.97 Å². The van der Waals surface area contributed by atoms with E-state index in [1.165, 1.54) is 0 Å². The Kier molecular flexibility index (Phi) is 19.8. The zero-order valence-corrected chi connectivity index (χ0v) is 26.5. The highest BCUT2D eigenvalue weighted by atomic mass is 16.6. The minimum atomic E-state index is -0.442. The summed E-state index contributed by atoms with van der Waals surface area (Å²) in [4.78, 5) is 12.7. The average molecular weight is 603 g/mol. The molecule has 244 valence electrons. The van der Waals surface area contributed by atoms with Crippen molar-refractivity contribution in [3.8, 4) is 5.75 Å². The van der Waals surface area contributed by atoms with Crippen molar-refractivity contribution in [2.24, 2.45) is 0 Å². The molecule has 0 spiro atoms. The summed E-state index contributed by atoms with van der Waals surface area (Å²) in [5.74, 6) is -0.214. The Morgan fingerprint density at radius 3 is 1.12 bits per heavy atom. The van der Waals surface area contributed by atoms with Crippen molar-refractivity contribution < 1.29 is 52.9 Å². The highest BCUT2D eigenvalue weighted by Crippen LogP contribution is 2.39. The van der Waals surface area contributed by atoms with Crippen molar-refractivity contribution in [2.75, 3.05) is 106 Å². The molecule has 11 heteroatoms. The molecule has 0 radical (unpaired) electrons. The molecule has 11 nitrogen and oxygen atoms in total. The lowest BCUT2D eigenvalue weighted by molar-refractivity contribution is -0.0230. The summed E-state index contributed by atoms with van der Waals surface area (Å²) in [6, 6.07) is 3.43. The minimum Gasteiger partial charge on any atom is -0.507 e. The van der Waals surface area contributed by atoms with Gasteiger partial charge in [-0.15, -0.1) is 0 Å². The molecular weight excluding hydrogens is 548 g/mol. The predicted octanol–water partition coefficient (Wildman–Crippen LogP) is 3.25. The molecule has 0 fully saturated rings. The highest BCUT2D eigenvalue weighted by Gasteiger charge is 2.28. The van der Waals surface area contributed by atoms with Crippen LogP contribution in [0.1, 0.15) is 63.0 Å². The van der Waals surface area contributed by atoms with Gasteiger partial charge in [-0.25, -0.2) is 4.79 Å². The second-order valence-electron chi connectivity index (χ2n) is 11.6. The Morgan fingerprint density at radius 2 is 0.833 bits per heavy atom. The molecular formula is C31H54O11. The van der Waals surface area contributed by atoms with Crippen LogP contribution in [0.3, 0.4) is 0 Å². The zero-order valence-electron chi connectivity index (χ0n) is 26.5. The number of hydrogen-bond donors (Lipinski definition) is 2. The fraction of sp³-hybridized carbons (Fsp3) is 0.774. The van der Waals surface area contributed by atoms with Gasteiger partial charge in [-0.3, -0.25) is 0 Å². The van der Waals surface area contributed by atoms with E-state index in [1.807, 2.05) is 41.5 Å². The van der Waals surface area contributed by atoms with Crippen LogP contribution < -0.4 is 0 Å². The van der Waals surface area contributed by atoms with Crippen molar-refractivity contribution in [3.05, 3.63) is 28.8 Å². The first-order valence-corrected chi connectivity index (χ1v) is 14.7. The Balaban J connectivity index is 2.02. The lowest BCUT2D eigenvalue weighted by Gasteiger charge is -2.27. The van der Waals surface area contributed by atoms with Crippen molar-refractivity contribution in [3.63, 3.8) is 0 Å². The van der Waals surface area contributed by atoms with Gasteiger partial charge in [0.1, 0.15) is 12.4 Å². The number of phenolic OH excluding ortho intramolecular Hbond substituents is 1. The van der Waals surface area contributed by atoms with E-state index in [9.17, 15) is 9.90 Å². The van der Waals surface area contributed by atoms with Crippen LogP contribution in [0, 0.1) is 0 Å². The molecule has 0 amide bonds. The maximum Gasteiger partial charge on any atom is 0.338 e. The van der Waals surface area contributed by atoms with Crippen molar-refractivity contribution in [1.29, 1.82) is 0 Å². The van der Waals surface area contributed by atoms with Gasteiger partial charge in [0, 0.05) is 11.1 Å². The fourth-order valence-electron chi connectivity index (χ4n) is 3.66. The molecule has 0 unspecified atom stereocenters. The minimum absolute atomic E-state index is 0.0172. The monoisotopic (exact) mass is 602 g/mol. The van der Waals surface area contributed by atoms with E-state index in [0.717, 1.165) is 0 Å². The summed E-state index contributed by atoms with van der Waals surface area (Å²) in [6.45, 7) is 18.2. The lowest BCUT2D eigenvalue weighted by Crippen LogP contribution is -2.20. The number of carbonyl (C=O) groups excluding carboxylic acids is 1. The van der Waals surface area contributed by atoms with Crippen molar-refractivity contribution >= 4 is 5.97 Å². The third-order valence-corrected chi connectivity index (χ3v) is 5.89. The molecule has 0 atom stereocenters. The van der Waals surface area contributed by atoms with Gasteiger partial charge in [0.15, 0.2) is 0 Å². The smallest absolute Gasteiger partial charge is 0.338 e. The quantitative estimate of drug-likeness (QED) is 0.134. The molecule has 0 saturated heterocycles. The number of carbonyl (C=O) groups is 1. The van der Waals surface area contributed by atoms with Gasteiger partial charge in [-0.2, -0.15) is 0 Å². The van der Waals surface area contributed by atoms with E-state index in [2.05, 4.69) is 0 Å². The number of phenols is 1. The van der Waals surface area contributed by atoms with E-state index in [-0.39, 0.29) is 36.4 Å². The van der Waals surface area contributed by atoms with E-state index in [0.29, 0.717) is 103 Å². The van der Waals surface area contributed by atoms with Crippen LogP contribution in [0.2, 0.25) is 0 Å². The molecule has 0 aliphatic heterocycles. The number of ether oxygens (including phenoxy) is 8. The Hall–Kier alpha value is -1.83. The third kappa shape index (κ3) is 17.3. The van der Waals surface area contributed by atoms with Crippen LogP contribution in [-0.2, 0) is 48.7 Å². The van der Waals surface area contributed by atoms with Crippen LogP contribution in [-0.4, -0.2) is 122 Å².